The van der Waals surface area contributed by atoms with Crippen LogP contribution < -0.4 is 11.1 Å². The van der Waals surface area contributed by atoms with Crippen molar-refractivity contribution in [3.05, 3.63) is 29.8 Å². The van der Waals surface area contributed by atoms with E-state index in [1.54, 1.807) is 12.1 Å². The van der Waals surface area contributed by atoms with Gasteiger partial charge in [-0.1, -0.05) is 26.0 Å². The number of para-hydroxylation sites is 1. The van der Waals surface area contributed by atoms with Gasteiger partial charge in [-0.25, -0.2) is 0 Å². The van der Waals surface area contributed by atoms with E-state index in [2.05, 4.69) is 19.2 Å². The lowest BCUT2D eigenvalue weighted by Crippen LogP contribution is -2.34. The maximum atomic E-state index is 11.8. The first-order valence-corrected chi connectivity index (χ1v) is 5.34. The Morgan fingerprint density at radius 3 is 2.38 bits per heavy atom. The van der Waals surface area contributed by atoms with Crippen molar-refractivity contribution in [2.75, 3.05) is 5.73 Å². The molecule has 1 aromatic carbocycles. The normalized spacial score (nSPS) is 9.69. The molecular weight excluding hydrogens is 224 g/mol. The average molecular weight is 243 g/mol. The van der Waals surface area contributed by atoms with Gasteiger partial charge in [0.1, 0.15) is 0 Å². The molecule has 0 aromatic heterocycles. The fourth-order valence-corrected chi connectivity index (χ4v) is 1.46. The number of rotatable bonds is 4. The molecule has 90 valence electrons. The van der Waals surface area contributed by atoms with Gasteiger partial charge in [0.05, 0.1) is 5.56 Å². The second kappa shape index (κ2) is 7.12. The second-order valence-corrected chi connectivity index (χ2v) is 3.57. The number of nitrogen functional groups attached to an aromatic ring is 1. The molecule has 4 heteroatoms. The van der Waals surface area contributed by atoms with Crippen molar-refractivity contribution in [2.45, 2.75) is 32.7 Å². The maximum absolute atomic E-state index is 11.8. The van der Waals surface area contributed by atoms with E-state index in [9.17, 15) is 4.79 Å². The molecule has 0 spiro atoms. The van der Waals surface area contributed by atoms with Crippen molar-refractivity contribution in [3.8, 4) is 0 Å². The number of carbonyl (C=O) groups is 1. The van der Waals surface area contributed by atoms with Crippen molar-refractivity contribution >= 4 is 24.0 Å². The molecule has 0 bridgehead atoms. The summed E-state index contributed by atoms with van der Waals surface area (Å²) < 4.78 is 0. The number of hydrogen-bond donors (Lipinski definition) is 2. The molecule has 0 fully saturated rings. The van der Waals surface area contributed by atoms with E-state index >= 15 is 0 Å². The second-order valence-electron chi connectivity index (χ2n) is 3.57. The Kier molecular flexibility index (Phi) is 6.58. The molecular formula is C12H19ClN2O. The molecule has 0 heterocycles. The first-order valence-electron chi connectivity index (χ1n) is 5.34. The van der Waals surface area contributed by atoms with Crippen LogP contribution in [0.25, 0.3) is 0 Å². The van der Waals surface area contributed by atoms with Gasteiger partial charge in [-0.3, -0.25) is 4.79 Å². The summed E-state index contributed by atoms with van der Waals surface area (Å²) in [5.74, 6) is -0.0817. The Morgan fingerprint density at radius 1 is 1.31 bits per heavy atom. The van der Waals surface area contributed by atoms with Crippen LogP contribution in [0.15, 0.2) is 24.3 Å². The summed E-state index contributed by atoms with van der Waals surface area (Å²) >= 11 is 0. The molecule has 0 aliphatic heterocycles. The maximum Gasteiger partial charge on any atom is 0.253 e. The van der Waals surface area contributed by atoms with Crippen LogP contribution in [-0.4, -0.2) is 11.9 Å². The van der Waals surface area contributed by atoms with Crippen LogP contribution in [0.3, 0.4) is 0 Å². The Morgan fingerprint density at radius 2 is 1.88 bits per heavy atom. The molecule has 0 aliphatic carbocycles. The summed E-state index contributed by atoms with van der Waals surface area (Å²) in [6.45, 7) is 4.12. The van der Waals surface area contributed by atoms with Crippen molar-refractivity contribution in [3.63, 3.8) is 0 Å². The molecule has 16 heavy (non-hydrogen) atoms. The lowest BCUT2D eigenvalue weighted by molar-refractivity contribution is 0.0936. The quantitative estimate of drug-likeness (QED) is 0.798. The fourth-order valence-electron chi connectivity index (χ4n) is 1.46. The van der Waals surface area contributed by atoms with E-state index in [0.29, 0.717) is 11.3 Å². The predicted octanol–water partition coefficient (Wildman–Crippen LogP) is 2.61. The molecule has 1 aromatic rings. The van der Waals surface area contributed by atoms with Gasteiger partial charge < -0.3 is 11.1 Å². The van der Waals surface area contributed by atoms with Crippen molar-refractivity contribution in [1.29, 1.82) is 0 Å². The minimum Gasteiger partial charge on any atom is -0.398 e. The van der Waals surface area contributed by atoms with E-state index in [4.69, 9.17) is 5.73 Å². The zero-order chi connectivity index (χ0) is 11.3. The third-order valence-electron chi connectivity index (χ3n) is 2.53. The van der Waals surface area contributed by atoms with Gasteiger partial charge in [-0.2, -0.15) is 0 Å². The summed E-state index contributed by atoms with van der Waals surface area (Å²) in [6, 6.07) is 7.35. The van der Waals surface area contributed by atoms with E-state index in [1.165, 1.54) is 0 Å². The number of amides is 1. The first-order chi connectivity index (χ1) is 7.19. The third kappa shape index (κ3) is 3.74. The topological polar surface area (TPSA) is 55.1 Å². The van der Waals surface area contributed by atoms with E-state index in [0.717, 1.165) is 12.8 Å². The molecule has 3 nitrogen and oxygen atoms in total. The van der Waals surface area contributed by atoms with Crippen LogP contribution in [0.5, 0.6) is 0 Å². The summed E-state index contributed by atoms with van der Waals surface area (Å²) in [5.41, 5.74) is 6.81. The number of carbonyl (C=O) groups excluding carboxylic acids is 1. The van der Waals surface area contributed by atoms with Gasteiger partial charge >= 0.3 is 0 Å². The summed E-state index contributed by atoms with van der Waals surface area (Å²) in [6.07, 6.45) is 1.88. The Labute approximate surface area is 103 Å². The third-order valence-corrected chi connectivity index (χ3v) is 2.53. The first kappa shape index (κ1) is 14.8. The summed E-state index contributed by atoms with van der Waals surface area (Å²) in [4.78, 5) is 11.8. The standard InChI is InChI=1S/C12H18N2O.ClH/c1-3-9(4-2)14-12(15)10-7-5-6-8-11(10)13;/h5-9H,3-4,13H2,1-2H3,(H,14,15);1H. The van der Waals surface area contributed by atoms with Crippen LogP contribution in [0, 0.1) is 0 Å². The Hall–Kier alpha value is -1.22. The van der Waals surface area contributed by atoms with Gasteiger partial charge in [-0.15, -0.1) is 12.4 Å². The predicted molar refractivity (Wildman–Crippen MR) is 69.9 cm³/mol. The molecule has 0 aliphatic rings. The highest BCUT2D eigenvalue weighted by atomic mass is 35.5. The van der Waals surface area contributed by atoms with E-state index < -0.39 is 0 Å². The fraction of sp³-hybridized carbons (Fsp3) is 0.417. The van der Waals surface area contributed by atoms with E-state index in [-0.39, 0.29) is 24.4 Å². The minimum atomic E-state index is -0.0817. The number of benzene rings is 1. The molecule has 0 saturated heterocycles. The molecule has 0 radical (unpaired) electrons. The number of nitrogens with two attached hydrogens (primary N) is 1. The molecule has 1 rings (SSSR count). The molecule has 0 saturated carbocycles. The van der Waals surface area contributed by atoms with E-state index in [1.807, 2.05) is 12.1 Å². The smallest absolute Gasteiger partial charge is 0.253 e. The lowest BCUT2D eigenvalue weighted by Gasteiger charge is -2.15. The van der Waals surface area contributed by atoms with Gasteiger partial charge in [0.2, 0.25) is 0 Å². The zero-order valence-corrected chi connectivity index (χ0v) is 10.5. The van der Waals surface area contributed by atoms with Crippen LogP contribution in [0.2, 0.25) is 0 Å². The van der Waals surface area contributed by atoms with Gasteiger partial charge in [-0.05, 0) is 25.0 Å². The number of halogens is 1. The highest BCUT2D eigenvalue weighted by molar-refractivity contribution is 5.99. The lowest BCUT2D eigenvalue weighted by atomic mass is 10.1. The summed E-state index contributed by atoms with van der Waals surface area (Å²) in [7, 11) is 0. The molecule has 0 atom stereocenters. The number of hydrogen-bond acceptors (Lipinski definition) is 2. The zero-order valence-electron chi connectivity index (χ0n) is 9.69. The monoisotopic (exact) mass is 242 g/mol. The minimum absolute atomic E-state index is 0. The van der Waals surface area contributed by atoms with Crippen LogP contribution >= 0.6 is 12.4 Å². The Balaban J connectivity index is 0.00000225. The highest BCUT2D eigenvalue weighted by Gasteiger charge is 2.12. The van der Waals surface area contributed by atoms with Gasteiger partial charge in [0.15, 0.2) is 0 Å². The Bertz CT molecular complexity index is 338. The van der Waals surface area contributed by atoms with Crippen molar-refractivity contribution in [1.82, 2.24) is 5.32 Å². The largest absolute Gasteiger partial charge is 0.398 e. The molecule has 1 amide bonds. The van der Waals surface area contributed by atoms with Crippen LogP contribution in [-0.2, 0) is 0 Å². The van der Waals surface area contributed by atoms with Crippen molar-refractivity contribution in [2.24, 2.45) is 0 Å². The molecule has 0 unspecified atom stereocenters. The molecule has 3 N–H and O–H groups in total. The summed E-state index contributed by atoms with van der Waals surface area (Å²) in [5, 5.41) is 2.95. The van der Waals surface area contributed by atoms with Gasteiger partial charge in [0, 0.05) is 11.7 Å². The highest BCUT2D eigenvalue weighted by Crippen LogP contribution is 2.10. The number of anilines is 1. The van der Waals surface area contributed by atoms with Crippen LogP contribution in [0.1, 0.15) is 37.0 Å². The van der Waals surface area contributed by atoms with Crippen molar-refractivity contribution < 1.29 is 4.79 Å². The average Bonchev–Trinajstić information content (AvgIpc) is 2.26. The van der Waals surface area contributed by atoms with Gasteiger partial charge in [0.25, 0.3) is 5.91 Å². The SMILES string of the molecule is CCC(CC)NC(=O)c1ccccc1N.Cl. The number of nitrogens with one attached hydrogen (secondary N) is 1. The van der Waals surface area contributed by atoms with Crippen LogP contribution in [0.4, 0.5) is 5.69 Å².